The molecule has 0 radical (unpaired) electrons. The molecule has 88 valence electrons. The van der Waals surface area contributed by atoms with E-state index < -0.39 is 5.82 Å². The highest BCUT2D eigenvalue weighted by molar-refractivity contribution is 5.70. The second-order valence-corrected chi connectivity index (χ2v) is 3.50. The molecular weight excluding hydrogens is 221 g/mol. The first-order valence-corrected chi connectivity index (χ1v) is 5.27. The molecule has 0 aliphatic carbocycles. The molecule has 0 atom stereocenters. The normalized spacial score (nSPS) is 10.2. The van der Waals surface area contributed by atoms with Crippen molar-refractivity contribution in [3.05, 3.63) is 42.5 Å². The fourth-order valence-electron chi connectivity index (χ4n) is 1.55. The zero-order valence-corrected chi connectivity index (χ0v) is 9.35. The average Bonchev–Trinajstić information content (AvgIpc) is 2.33. The number of pyridine rings is 1. The summed E-state index contributed by atoms with van der Waals surface area (Å²) in [6, 6.07) is 5.50. The van der Waals surface area contributed by atoms with Gasteiger partial charge in [0.15, 0.2) is 0 Å². The van der Waals surface area contributed by atoms with Crippen LogP contribution in [0.15, 0.2) is 36.7 Å². The van der Waals surface area contributed by atoms with Crippen LogP contribution in [0.1, 0.15) is 6.92 Å². The van der Waals surface area contributed by atoms with Crippen molar-refractivity contribution >= 4 is 0 Å². The highest BCUT2D eigenvalue weighted by atomic mass is 19.1. The Morgan fingerprint density at radius 2 is 2.12 bits per heavy atom. The van der Waals surface area contributed by atoms with E-state index in [1.165, 1.54) is 18.2 Å². The van der Waals surface area contributed by atoms with E-state index in [0.717, 1.165) is 0 Å². The maximum Gasteiger partial charge on any atom is 0.138 e. The first-order chi connectivity index (χ1) is 8.20. The van der Waals surface area contributed by atoms with Gasteiger partial charge in [-0.3, -0.25) is 4.98 Å². The predicted octanol–water partition coefficient (Wildman–Crippen LogP) is 2.99. The number of ether oxygens (including phenoxy) is 1. The first kappa shape index (κ1) is 11.4. The van der Waals surface area contributed by atoms with Crippen molar-refractivity contribution in [2.45, 2.75) is 6.92 Å². The number of phenolic OH excluding ortho intramolecular Hbond substituents is 1. The second-order valence-electron chi connectivity index (χ2n) is 3.50. The van der Waals surface area contributed by atoms with Gasteiger partial charge in [0.1, 0.15) is 17.3 Å². The number of halogens is 1. The number of aromatic nitrogens is 1. The van der Waals surface area contributed by atoms with Crippen LogP contribution in [0.5, 0.6) is 11.5 Å². The minimum absolute atomic E-state index is 0.0156. The van der Waals surface area contributed by atoms with Gasteiger partial charge in [-0.15, -0.1) is 0 Å². The molecule has 0 aliphatic rings. The van der Waals surface area contributed by atoms with Crippen molar-refractivity contribution in [2.24, 2.45) is 0 Å². The van der Waals surface area contributed by atoms with Gasteiger partial charge in [-0.2, -0.15) is 0 Å². The quantitative estimate of drug-likeness (QED) is 0.886. The molecule has 1 heterocycles. The standard InChI is InChI=1S/C13H12FNO2/c1-2-17-11-5-9(7-15-8-11)12-6-10(14)3-4-13(12)16/h3-8,16H,2H2,1H3. The van der Waals surface area contributed by atoms with Gasteiger partial charge in [0.05, 0.1) is 12.8 Å². The van der Waals surface area contributed by atoms with Crippen LogP contribution in [0.4, 0.5) is 4.39 Å². The zero-order chi connectivity index (χ0) is 12.3. The SMILES string of the molecule is CCOc1cncc(-c2cc(F)ccc2O)c1. The lowest BCUT2D eigenvalue weighted by Gasteiger charge is -2.07. The minimum atomic E-state index is -0.403. The summed E-state index contributed by atoms with van der Waals surface area (Å²) in [5, 5.41) is 9.67. The molecule has 0 fully saturated rings. The van der Waals surface area contributed by atoms with E-state index in [0.29, 0.717) is 23.5 Å². The maximum absolute atomic E-state index is 13.1. The third-order valence-corrected chi connectivity index (χ3v) is 2.29. The molecule has 0 amide bonds. The van der Waals surface area contributed by atoms with Gasteiger partial charge in [0.2, 0.25) is 0 Å². The number of aromatic hydroxyl groups is 1. The summed E-state index contributed by atoms with van der Waals surface area (Å²) in [5.41, 5.74) is 1.02. The number of benzene rings is 1. The maximum atomic E-state index is 13.1. The molecule has 0 unspecified atom stereocenters. The van der Waals surface area contributed by atoms with Crippen molar-refractivity contribution in [1.82, 2.24) is 4.98 Å². The molecule has 2 aromatic rings. The predicted molar refractivity (Wildman–Crippen MR) is 62.5 cm³/mol. The summed E-state index contributed by atoms with van der Waals surface area (Å²) in [7, 11) is 0. The van der Waals surface area contributed by atoms with Crippen LogP contribution in [-0.4, -0.2) is 16.7 Å². The summed E-state index contributed by atoms with van der Waals surface area (Å²) in [6.45, 7) is 2.40. The van der Waals surface area contributed by atoms with Crippen LogP contribution < -0.4 is 4.74 Å². The van der Waals surface area contributed by atoms with E-state index >= 15 is 0 Å². The Bertz CT molecular complexity index is 529. The van der Waals surface area contributed by atoms with E-state index in [-0.39, 0.29) is 5.75 Å². The fourth-order valence-corrected chi connectivity index (χ4v) is 1.55. The van der Waals surface area contributed by atoms with E-state index in [1.54, 1.807) is 18.5 Å². The molecule has 1 N–H and O–H groups in total. The van der Waals surface area contributed by atoms with Crippen LogP contribution in [0.25, 0.3) is 11.1 Å². The van der Waals surface area contributed by atoms with Gasteiger partial charge in [0, 0.05) is 17.3 Å². The molecule has 0 aliphatic heterocycles. The molecule has 3 nitrogen and oxygen atoms in total. The van der Waals surface area contributed by atoms with Crippen LogP contribution in [0.3, 0.4) is 0 Å². The van der Waals surface area contributed by atoms with Gasteiger partial charge in [-0.25, -0.2) is 4.39 Å². The topological polar surface area (TPSA) is 42.4 Å². The zero-order valence-electron chi connectivity index (χ0n) is 9.35. The summed E-state index contributed by atoms with van der Waals surface area (Å²) in [5.74, 6) is 0.204. The van der Waals surface area contributed by atoms with Gasteiger partial charge in [-0.05, 0) is 31.2 Å². The molecule has 17 heavy (non-hydrogen) atoms. The third kappa shape index (κ3) is 2.53. The largest absolute Gasteiger partial charge is 0.507 e. The van der Waals surface area contributed by atoms with Crippen molar-refractivity contribution < 1.29 is 14.2 Å². The minimum Gasteiger partial charge on any atom is -0.507 e. The summed E-state index contributed by atoms with van der Waals surface area (Å²) in [4.78, 5) is 3.99. The van der Waals surface area contributed by atoms with E-state index in [2.05, 4.69) is 4.98 Å². The lowest BCUT2D eigenvalue weighted by atomic mass is 10.1. The van der Waals surface area contributed by atoms with Crippen LogP contribution in [-0.2, 0) is 0 Å². The molecule has 0 spiro atoms. The average molecular weight is 233 g/mol. The monoisotopic (exact) mass is 233 g/mol. The number of hydrogen-bond donors (Lipinski definition) is 1. The summed E-state index contributed by atoms with van der Waals surface area (Å²) < 4.78 is 18.4. The number of phenols is 1. The van der Waals surface area contributed by atoms with Crippen molar-refractivity contribution in [3.8, 4) is 22.6 Å². The molecule has 0 bridgehead atoms. The van der Waals surface area contributed by atoms with Crippen molar-refractivity contribution in [3.63, 3.8) is 0 Å². The van der Waals surface area contributed by atoms with Crippen LogP contribution in [0, 0.1) is 5.82 Å². The Labute approximate surface area is 98.5 Å². The number of hydrogen-bond acceptors (Lipinski definition) is 3. The number of nitrogens with zero attached hydrogens (tertiary/aromatic N) is 1. The van der Waals surface area contributed by atoms with Gasteiger partial charge < -0.3 is 9.84 Å². The van der Waals surface area contributed by atoms with Crippen LogP contribution >= 0.6 is 0 Å². The van der Waals surface area contributed by atoms with Gasteiger partial charge >= 0.3 is 0 Å². The molecule has 1 aromatic heterocycles. The van der Waals surface area contributed by atoms with E-state index in [9.17, 15) is 9.50 Å². The highest BCUT2D eigenvalue weighted by Crippen LogP contribution is 2.30. The lowest BCUT2D eigenvalue weighted by Crippen LogP contribution is -1.92. The Morgan fingerprint density at radius 3 is 2.88 bits per heavy atom. The van der Waals surface area contributed by atoms with Crippen molar-refractivity contribution in [2.75, 3.05) is 6.61 Å². The molecule has 1 aromatic carbocycles. The molecule has 0 saturated carbocycles. The first-order valence-electron chi connectivity index (χ1n) is 5.27. The Morgan fingerprint density at radius 1 is 1.29 bits per heavy atom. The smallest absolute Gasteiger partial charge is 0.138 e. The molecule has 2 rings (SSSR count). The Kier molecular flexibility index (Phi) is 3.23. The van der Waals surface area contributed by atoms with Crippen molar-refractivity contribution in [1.29, 1.82) is 0 Å². The van der Waals surface area contributed by atoms with Gasteiger partial charge in [-0.1, -0.05) is 0 Å². The fraction of sp³-hybridized carbons (Fsp3) is 0.154. The highest BCUT2D eigenvalue weighted by Gasteiger charge is 2.07. The molecular formula is C13H12FNO2. The lowest BCUT2D eigenvalue weighted by molar-refractivity contribution is 0.339. The van der Waals surface area contributed by atoms with Crippen LogP contribution in [0.2, 0.25) is 0 Å². The Balaban J connectivity index is 2.45. The third-order valence-electron chi connectivity index (χ3n) is 2.29. The Hall–Kier alpha value is -2.10. The second kappa shape index (κ2) is 4.82. The summed E-state index contributed by atoms with van der Waals surface area (Å²) >= 11 is 0. The van der Waals surface area contributed by atoms with E-state index in [1.807, 2.05) is 6.92 Å². The molecule has 0 saturated heterocycles. The molecule has 4 heteroatoms. The van der Waals surface area contributed by atoms with E-state index in [4.69, 9.17) is 4.74 Å². The summed E-state index contributed by atoms with van der Waals surface area (Å²) in [6.07, 6.45) is 3.13. The van der Waals surface area contributed by atoms with Gasteiger partial charge in [0.25, 0.3) is 0 Å². The number of rotatable bonds is 3.